The fourth-order valence-corrected chi connectivity index (χ4v) is 4.18. The average Bonchev–Trinajstić information content (AvgIpc) is 3.00. The molecule has 12 nitrogen and oxygen atoms in total. The molecule has 0 spiro atoms. The minimum Gasteiger partial charge on any atom is -0.494 e. The van der Waals surface area contributed by atoms with Gasteiger partial charge in [-0.25, -0.2) is 4.79 Å². The molecule has 6 rings (SSSR count). The quantitative estimate of drug-likeness (QED) is 0.335. The molecule has 15 heteroatoms. The van der Waals surface area contributed by atoms with Crippen molar-refractivity contribution >= 4 is 29.5 Å². The predicted octanol–water partition coefficient (Wildman–Crippen LogP) is 4.49. The number of carbonyl (C=O) groups is 2. The van der Waals surface area contributed by atoms with Crippen LogP contribution in [0.1, 0.15) is 42.1 Å². The number of benzene rings is 2. The minimum atomic E-state index is -4.57. The molecule has 3 aromatic rings. The summed E-state index contributed by atoms with van der Waals surface area (Å²) in [5.74, 6) is 0.340. The van der Waals surface area contributed by atoms with Gasteiger partial charge in [-0.2, -0.15) is 28.1 Å². The molecule has 0 radical (unpaired) electrons. The summed E-state index contributed by atoms with van der Waals surface area (Å²) in [6.07, 6.45) is -2.56. The number of hydrogen-bond donors (Lipinski definition) is 4. The standard InChI is InChI=1S/C29H35F3N8O4/c1-2-33-28(42)40-15-4-3-14-34-24(41)21-8-10-22(11-9-21)36-26-37-25(38-27(39-26)44-19-29(30,31)32)35-18-20-6-12-23(13-7-20)43-17-5-16-40/h6-13H,2-5,14-19H2,1H3,(H,33,42)(H,34,41)(H2,35,36,37,38,39). The van der Waals surface area contributed by atoms with Crippen molar-refractivity contribution in [3.05, 3.63) is 59.7 Å². The van der Waals surface area contributed by atoms with E-state index in [2.05, 4.69) is 36.2 Å². The molecular formula is C29H35F3N8O4. The molecule has 2 aromatic carbocycles. The zero-order chi connectivity index (χ0) is 31.4. The van der Waals surface area contributed by atoms with Crippen LogP contribution < -0.4 is 30.7 Å². The van der Waals surface area contributed by atoms with Gasteiger partial charge in [0.2, 0.25) is 11.9 Å². The maximum Gasteiger partial charge on any atom is 0.422 e. The van der Waals surface area contributed by atoms with E-state index in [0.717, 1.165) is 5.56 Å². The van der Waals surface area contributed by atoms with Gasteiger partial charge >= 0.3 is 18.2 Å². The summed E-state index contributed by atoms with van der Waals surface area (Å²) in [5, 5.41) is 11.6. The van der Waals surface area contributed by atoms with Gasteiger partial charge in [0.1, 0.15) is 5.75 Å². The number of ether oxygens (including phenoxy) is 2. The zero-order valence-corrected chi connectivity index (χ0v) is 24.2. The van der Waals surface area contributed by atoms with E-state index in [0.29, 0.717) is 69.0 Å². The number of hydrogen-bond acceptors (Lipinski definition) is 9. The van der Waals surface area contributed by atoms with Crippen molar-refractivity contribution in [2.75, 3.05) is 50.0 Å². The number of amides is 3. The van der Waals surface area contributed by atoms with Crippen LogP contribution in [0.25, 0.3) is 0 Å². The van der Waals surface area contributed by atoms with E-state index in [-0.39, 0.29) is 30.4 Å². The van der Waals surface area contributed by atoms with Gasteiger partial charge in [0.05, 0.1) is 6.61 Å². The van der Waals surface area contributed by atoms with Crippen LogP contribution in [0.4, 0.5) is 35.5 Å². The summed E-state index contributed by atoms with van der Waals surface area (Å²) in [6, 6.07) is 13.1. The third-order valence-electron chi connectivity index (χ3n) is 6.35. The maximum absolute atomic E-state index is 12.8. The van der Waals surface area contributed by atoms with Crippen molar-refractivity contribution in [2.24, 2.45) is 0 Å². The van der Waals surface area contributed by atoms with Gasteiger partial charge in [0, 0.05) is 44.0 Å². The van der Waals surface area contributed by atoms with Crippen LogP contribution in [0.2, 0.25) is 0 Å². The summed E-state index contributed by atoms with van der Waals surface area (Å²) < 4.78 is 49.0. The second-order valence-electron chi connectivity index (χ2n) is 9.86. The van der Waals surface area contributed by atoms with Crippen LogP contribution in [0.5, 0.6) is 11.8 Å². The smallest absolute Gasteiger partial charge is 0.422 e. The fourth-order valence-electron chi connectivity index (χ4n) is 4.18. The van der Waals surface area contributed by atoms with Crippen molar-refractivity contribution in [1.29, 1.82) is 0 Å². The Hall–Kier alpha value is -4.82. The molecule has 4 N–H and O–H groups in total. The molecule has 1 aromatic heterocycles. The summed E-state index contributed by atoms with van der Waals surface area (Å²) in [5.41, 5.74) is 1.75. The van der Waals surface area contributed by atoms with Crippen LogP contribution in [0.3, 0.4) is 0 Å². The normalized spacial score (nSPS) is 15.1. The van der Waals surface area contributed by atoms with Crippen LogP contribution in [0, 0.1) is 0 Å². The van der Waals surface area contributed by atoms with E-state index in [4.69, 9.17) is 9.47 Å². The Morgan fingerprint density at radius 3 is 2.43 bits per heavy atom. The molecule has 3 aliphatic heterocycles. The summed E-state index contributed by atoms with van der Waals surface area (Å²) in [4.78, 5) is 39.1. The predicted molar refractivity (Wildman–Crippen MR) is 157 cm³/mol. The first-order valence-corrected chi connectivity index (χ1v) is 14.3. The number of halogens is 3. The van der Waals surface area contributed by atoms with E-state index in [1.54, 1.807) is 41.3 Å². The lowest BCUT2D eigenvalue weighted by atomic mass is 10.2. The molecule has 3 aliphatic rings. The van der Waals surface area contributed by atoms with Gasteiger partial charge in [-0.3, -0.25) is 4.79 Å². The molecule has 6 bridgehead atoms. The van der Waals surface area contributed by atoms with Crippen LogP contribution in [-0.2, 0) is 6.54 Å². The van der Waals surface area contributed by atoms with Gasteiger partial charge in [-0.1, -0.05) is 12.1 Å². The zero-order valence-electron chi connectivity index (χ0n) is 24.2. The van der Waals surface area contributed by atoms with Crippen LogP contribution in [0.15, 0.2) is 48.5 Å². The fraction of sp³-hybridized carbons (Fsp3) is 0.414. The maximum atomic E-state index is 12.8. The highest BCUT2D eigenvalue weighted by Gasteiger charge is 2.29. The summed E-state index contributed by atoms with van der Waals surface area (Å²) in [7, 11) is 0. The van der Waals surface area contributed by atoms with Gasteiger partial charge in [-0.05, 0) is 68.1 Å². The average molecular weight is 617 g/mol. The van der Waals surface area contributed by atoms with Crippen LogP contribution in [-0.4, -0.2) is 77.4 Å². The monoisotopic (exact) mass is 616 g/mol. The summed E-state index contributed by atoms with van der Waals surface area (Å²) >= 11 is 0. The molecule has 0 fully saturated rings. The van der Waals surface area contributed by atoms with E-state index in [9.17, 15) is 22.8 Å². The molecule has 236 valence electrons. The lowest BCUT2D eigenvalue weighted by Gasteiger charge is -2.23. The molecular weight excluding hydrogens is 581 g/mol. The Bertz CT molecular complexity index is 1370. The van der Waals surface area contributed by atoms with Crippen molar-refractivity contribution in [1.82, 2.24) is 30.5 Å². The first-order valence-electron chi connectivity index (χ1n) is 14.3. The topological polar surface area (TPSA) is 143 Å². The number of nitrogens with zero attached hydrogens (tertiary/aromatic N) is 4. The number of rotatable bonds is 3. The second-order valence-corrected chi connectivity index (χ2v) is 9.86. The van der Waals surface area contributed by atoms with Crippen LogP contribution >= 0.6 is 0 Å². The first kappa shape index (κ1) is 32.1. The minimum absolute atomic E-state index is 0.00168. The first-order chi connectivity index (χ1) is 21.2. The lowest BCUT2D eigenvalue weighted by Crippen LogP contribution is -2.41. The molecule has 4 heterocycles. The molecule has 44 heavy (non-hydrogen) atoms. The Morgan fingerprint density at radius 2 is 1.70 bits per heavy atom. The number of urea groups is 1. The highest BCUT2D eigenvalue weighted by atomic mass is 19.4. The van der Waals surface area contributed by atoms with Gasteiger partial charge in [0.15, 0.2) is 6.61 Å². The largest absolute Gasteiger partial charge is 0.494 e. The van der Waals surface area contributed by atoms with E-state index >= 15 is 0 Å². The number of fused-ring (bicyclic) bond motifs is 2. The van der Waals surface area contributed by atoms with E-state index < -0.39 is 18.8 Å². The van der Waals surface area contributed by atoms with Crippen molar-refractivity contribution in [2.45, 2.75) is 38.9 Å². The van der Waals surface area contributed by atoms with Gasteiger partial charge in [-0.15, -0.1) is 0 Å². The molecule has 0 atom stereocenters. The van der Waals surface area contributed by atoms with E-state index in [1.807, 2.05) is 19.1 Å². The summed E-state index contributed by atoms with van der Waals surface area (Å²) in [6.45, 7) is 2.99. The van der Waals surface area contributed by atoms with Gasteiger partial charge in [0.25, 0.3) is 5.91 Å². The highest BCUT2D eigenvalue weighted by molar-refractivity contribution is 5.94. The third-order valence-corrected chi connectivity index (χ3v) is 6.35. The molecule has 3 amide bonds. The highest BCUT2D eigenvalue weighted by Crippen LogP contribution is 2.21. The van der Waals surface area contributed by atoms with Crippen molar-refractivity contribution in [3.63, 3.8) is 0 Å². The number of carbonyl (C=O) groups excluding carboxylic acids is 2. The Morgan fingerprint density at radius 1 is 0.977 bits per heavy atom. The Kier molecular flexibility index (Phi) is 11.4. The molecule has 0 aliphatic carbocycles. The van der Waals surface area contributed by atoms with E-state index in [1.165, 1.54) is 0 Å². The molecule has 0 saturated heterocycles. The number of aromatic nitrogens is 3. The Balaban J connectivity index is 1.52. The number of nitrogens with one attached hydrogen (secondary N) is 4. The number of anilines is 3. The SMILES string of the molecule is CCNC(=O)N1CCCCNC(=O)c2ccc(cc2)Nc2nc(nc(OCC(F)(F)F)n2)NCc2ccc(cc2)OCCC1. The van der Waals surface area contributed by atoms with Crippen molar-refractivity contribution in [3.8, 4) is 11.8 Å². The van der Waals surface area contributed by atoms with Gasteiger partial charge < -0.3 is 35.6 Å². The van der Waals surface area contributed by atoms with Crippen molar-refractivity contribution < 1.29 is 32.2 Å². The second kappa shape index (κ2) is 15.6. The molecule has 0 unspecified atom stereocenters. The Labute approximate surface area is 252 Å². The third kappa shape index (κ3) is 10.5. The number of alkyl halides is 3. The molecule has 0 saturated carbocycles. The lowest BCUT2D eigenvalue weighted by molar-refractivity contribution is -0.154.